The Morgan fingerprint density at radius 3 is 2.14 bits per heavy atom. The van der Waals surface area contributed by atoms with Gasteiger partial charge in [-0.25, -0.2) is 19.0 Å². The van der Waals surface area contributed by atoms with E-state index in [1.54, 1.807) is 6.07 Å². The maximum absolute atomic E-state index is 13.2. The van der Waals surface area contributed by atoms with Crippen molar-refractivity contribution in [2.45, 2.75) is 44.2 Å². The fraction of sp³-hybridized carbons (Fsp3) is 0.550. The van der Waals surface area contributed by atoms with Crippen molar-refractivity contribution < 1.29 is 50.5 Å². The van der Waals surface area contributed by atoms with Crippen LogP contribution in [-0.4, -0.2) is 87.5 Å². The molecule has 0 radical (unpaired) electrons. The van der Waals surface area contributed by atoms with E-state index in [0.29, 0.717) is 6.04 Å². The van der Waals surface area contributed by atoms with Gasteiger partial charge in [0.2, 0.25) is 0 Å². The van der Waals surface area contributed by atoms with Crippen molar-refractivity contribution in [3.8, 4) is 0 Å². The average molecular weight is 518 g/mol. The molecule has 2 aromatic rings. The van der Waals surface area contributed by atoms with E-state index in [2.05, 4.69) is 33.9 Å². The number of hydrogen-bond donors (Lipinski definition) is 3. The highest BCUT2D eigenvalue weighted by Gasteiger charge is 2.38. The van der Waals surface area contributed by atoms with Gasteiger partial charge in [-0.3, -0.25) is 4.90 Å². The maximum atomic E-state index is 13.2. The summed E-state index contributed by atoms with van der Waals surface area (Å²) >= 11 is 0. The molecule has 198 valence electrons. The summed E-state index contributed by atoms with van der Waals surface area (Å²) in [5, 5.41) is 14.2. The molecular weight excluding hydrogens is 493 g/mol. The third-order valence-electron chi connectivity index (χ3n) is 4.84. The highest BCUT2D eigenvalue weighted by atomic mass is 19.4. The predicted octanol–water partition coefficient (Wildman–Crippen LogP) is 3.88. The van der Waals surface area contributed by atoms with E-state index in [4.69, 9.17) is 19.8 Å². The van der Waals surface area contributed by atoms with Crippen LogP contribution in [0.2, 0.25) is 0 Å². The van der Waals surface area contributed by atoms with Crippen LogP contribution in [0.15, 0.2) is 18.2 Å². The summed E-state index contributed by atoms with van der Waals surface area (Å²) in [6.07, 6.45) is -6.26. The number of rotatable bonds is 4. The molecule has 15 heteroatoms. The Hall–Kier alpha value is -2.94. The Balaban J connectivity index is 0.000000362. The van der Waals surface area contributed by atoms with Crippen LogP contribution in [0.5, 0.6) is 0 Å². The SMILES string of the molecule is CN(Cc1nc2ccc(F)cc2[nH]1)CC1CCCCN1C.O=C(O)C(F)(F)F.O=C(O)C(F)(F)F. The topological polar surface area (TPSA) is 110 Å². The highest BCUT2D eigenvalue weighted by molar-refractivity contribution is 5.75. The van der Waals surface area contributed by atoms with Gasteiger partial charge in [0.25, 0.3) is 0 Å². The molecule has 1 saturated heterocycles. The van der Waals surface area contributed by atoms with E-state index in [9.17, 15) is 30.7 Å². The molecule has 3 rings (SSSR count). The van der Waals surface area contributed by atoms with Crippen LogP contribution in [-0.2, 0) is 16.1 Å². The molecular formula is C20H25F7N4O4. The second kappa shape index (κ2) is 12.7. The van der Waals surface area contributed by atoms with Gasteiger partial charge in [-0.05, 0) is 51.7 Å². The van der Waals surface area contributed by atoms with Crippen LogP contribution in [0.3, 0.4) is 0 Å². The molecule has 0 aliphatic carbocycles. The van der Waals surface area contributed by atoms with Gasteiger partial charge in [0, 0.05) is 12.6 Å². The number of carbonyl (C=O) groups is 2. The number of likely N-dealkylation sites (N-methyl/N-ethyl adjacent to an activating group) is 2. The number of piperidine rings is 1. The minimum atomic E-state index is -5.08. The molecule has 1 aliphatic rings. The number of likely N-dealkylation sites (tertiary alicyclic amines) is 1. The summed E-state index contributed by atoms with van der Waals surface area (Å²) in [6, 6.07) is 5.30. The van der Waals surface area contributed by atoms with Crippen LogP contribution in [0.1, 0.15) is 25.1 Å². The van der Waals surface area contributed by atoms with E-state index in [-0.39, 0.29) is 5.82 Å². The van der Waals surface area contributed by atoms with Crippen LogP contribution in [0.25, 0.3) is 11.0 Å². The van der Waals surface area contributed by atoms with Crippen molar-refractivity contribution in [2.24, 2.45) is 0 Å². The number of aliphatic carboxylic acids is 2. The number of aromatic nitrogens is 2. The standard InChI is InChI=1S/C16H23FN4.2C2HF3O2/c1-20(10-13-5-3-4-8-21(13)2)11-16-18-14-7-6-12(17)9-15(14)19-16;2*3-2(4,5)1(6)7/h6-7,9,13H,3-5,8,10-11H2,1-2H3,(H,18,19);2*(H,6,7). The fourth-order valence-corrected chi connectivity index (χ4v) is 3.16. The zero-order valence-electron chi connectivity index (χ0n) is 18.8. The van der Waals surface area contributed by atoms with Crippen LogP contribution < -0.4 is 0 Å². The first kappa shape index (κ1) is 30.1. The van der Waals surface area contributed by atoms with Gasteiger partial charge in [-0.2, -0.15) is 26.3 Å². The molecule has 0 amide bonds. The highest BCUT2D eigenvalue weighted by Crippen LogP contribution is 2.18. The number of halogens is 7. The van der Waals surface area contributed by atoms with Crippen molar-refractivity contribution in [1.29, 1.82) is 0 Å². The summed E-state index contributed by atoms with van der Waals surface area (Å²) in [6.45, 7) is 3.00. The molecule has 1 aromatic heterocycles. The molecule has 0 spiro atoms. The van der Waals surface area contributed by atoms with Crippen LogP contribution >= 0.6 is 0 Å². The average Bonchev–Trinajstić information content (AvgIpc) is 3.10. The largest absolute Gasteiger partial charge is 0.490 e. The first-order valence-electron chi connectivity index (χ1n) is 10.1. The van der Waals surface area contributed by atoms with Gasteiger partial charge in [0.1, 0.15) is 11.6 Å². The van der Waals surface area contributed by atoms with E-state index in [0.717, 1.165) is 29.9 Å². The first-order chi connectivity index (χ1) is 16.0. The number of benzene rings is 1. The molecule has 1 unspecified atom stereocenters. The number of hydrogen-bond acceptors (Lipinski definition) is 5. The summed E-state index contributed by atoms with van der Waals surface area (Å²) in [5.74, 6) is -4.84. The zero-order chi connectivity index (χ0) is 27.0. The molecule has 1 aliphatic heterocycles. The Kier molecular flexibility index (Phi) is 10.9. The second-order valence-corrected chi connectivity index (χ2v) is 7.78. The lowest BCUT2D eigenvalue weighted by Gasteiger charge is -2.35. The Bertz CT molecular complexity index is 955. The summed E-state index contributed by atoms with van der Waals surface area (Å²) in [5.41, 5.74) is 1.60. The van der Waals surface area contributed by atoms with Crippen molar-refractivity contribution in [1.82, 2.24) is 19.8 Å². The van der Waals surface area contributed by atoms with Crippen molar-refractivity contribution in [3.63, 3.8) is 0 Å². The molecule has 3 N–H and O–H groups in total. The summed E-state index contributed by atoms with van der Waals surface area (Å²) in [7, 11) is 4.33. The van der Waals surface area contributed by atoms with E-state index in [1.165, 1.54) is 37.9 Å². The lowest BCUT2D eigenvalue weighted by atomic mass is 10.0. The molecule has 2 heterocycles. The third kappa shape index (κ3) is 10.9. The zero-order valence-corrected chi connectivity index (χ0v) is 18.8. The number of fused-ring (bicyclic) bond motifs is 1. The van der Waals surface area contributed by atoms with Crippen molar-refractivity contribution >= 4 is 23.0 Å². The van der Waals surface area contributed by atoms with Crippen LogP contribution in [0, 0.1) is 5.82 Å². The molecule has 1 aromatic carbocycles. The summed E-state index contributed by atoms with van der Waals surface area (Å²) < 4.78 is 76.7. The van der Waals surface area contributed by atoms with Crippen molar-refractivity contribution in [3.05, 3.63) is 29.8 Å². The number of carboxylic acids is 2. The van der Waals surface area contributed by atoms with Crippen molar-refractivity contribution in [2.75, 3.05) is 27.2 Å². The molecule has 1 atom stereocenters. The van der Waals surface area contributed by atoms with Gasteiger partial charge >= 0.3 is 24.3 Å². The molecule has 0 saturated carbocycles. The normalized spacial score (nSPS) is 16.8. The first-order valence-corrected chi connectivity index (χ1v) is 10.1. The van der Waals surface area contributed by atoms with Gasteiger partial charge in [-0.1, -0.05) is 6.42 Å². The monoisotopic (exact) mass is 518 g/mol. The minimum absolute atomic E-state index is 0.227. The minimum Gasteiger partial charge on any atom is -0.475 e. The fourth-order valence-electron chi connectivity index (χ4n) is 3.16. The van der Waals surface area contributed by atoms with Gasteiger partial charge in [0.15, 0.2) is 0 Å². The van der Waals surface area contributed by atoms with Gasteiger partial charge in [0.05, 0.1) is 17.6 Å². The lowest BCUT2D eigenvalue weighted by Crippen LogP contribution is -2.43. The Labute approximate surface area is 195 Å². The number of aromatic amines is 1. The number of imidazole rings is 1. The molecule has 1 fully saturated rings. The molecule has 35 heavy (non-hydrogen) atoms. The van der Waals surface area contributed by atoms with Crippen LogP contribution in [0.4, 0.5) is 30.7 Å². The number of nitrogens with one attached hydrogen (secondary N) is 1. The van der Waals surface area contributed by atoms with E-state index >= 15 is 0 Å². The van der Waals surface area contributed by atoms with Gasteiger partial charge < -0.3 is 20.1 Å². The quantitative estimate of drug-likeness (QED) is 0.527. The predicted molar refractivity (Wildman–Crippen MR) is 110 cm³/mol. The number of nitrogens with zero attached hydrogens (tertiary/aromatic N) is 3. The lowest BCUT2D eigenvalue weighted by molar-refractivity contribution is -0.193. The van der Waals surface area contributed by atoms with E-state index < -0.39 is 24.3 Å². The number of carboxylic acid groups (broad SMARTS) is 2. The summed E-state index contributed by atoms with van der Waals surface area (Å²) in [4.78, 5) is 30.3. The van der Waals surface area contributed by atoms with E-state index in [1.807, 2.05) is 0 Å². The third-order valence-corrected chi connectivity index (χ3v) is 4.84. The maximum Gasteiger partial charge on any atom is 0.490 e. The molecule has 0 bridgehead atoms. The number of H-pyrrole nitrogens is 1. The Morgan fingerprint density at radius 2 is 1.66 bits per heavy atom. The second-order valence-electron chi connectivity index (χ2n) is 7.78. The smallest absolute Gasteiger partial charge is 0.475 e. The Morgan fingerprint density at radius 1 is 1.11 bits per heavy atom. The number of alkyl halides is 6. The molecule has 8 nitrogen and oxygen atoms in total. The van der Waals surface area contributed by atoms with Gasteiger partial charge in [-0.15, -0.1) is 0 Å².